The van der Waals surface area contributed by atoms with Crippen LogP contribution in [0.5, 0.6) is 5.75 Å². The van der Waals surface area contributed by atoms with Crippen molar-refractivity contribution >= 4 is 15.9 Å². The van der Waals surface area contributed by atoms with Crippen molar-refractivity contribution in [2.45, 2.75) is 6.42 Å². The fourth-order valence-electron chi connectivity index (χ4n) is 0.716. The minimum absolute atomic E-state index is 0.346. The summed E-state index contributed by atoms with van der Waals surface area (Å²) in [6, 6.07) is 1.80. The number of alkyl halides is 1. The van der Waals surface area contributed by atoms with E-state index in [9.17, 15) is 4.39 Å². The molecule has 1 heterocycles. The molecule has 0 N–H and O–H groups in total. The van der Waals surface area contributed by atoms with Crippen molar-refractivity contribution in [3.63, 3.8) is 0 Å². The van der Waals surface area contributed by atoms with Gasteiger partial charge in [0.1, 0.15) is 5.75 Å². The van der Waals surface area contributed by atoms with Crippen LogP contribution in [0.2, 0.25) is 0 Å². The second kappa shape index (κ2) is 5.09. The fourth-order valence-corrected chi connectivity index (χ4v) is 1.06. The number of hydrogen-bond donors (Lipinski definition) is 0. The summed E-state index contributed by atoms with van der Waals surface area (Å²) in [7, 11) is 0. The van der Waals surface area contributed by atoms with E-state index in [0.29, 0.717) is 18.8 Å². The molecule has 0 aliphatic rings. The van der Waals surface area contributed by atoms with E-state index < -0.39 is 0 Å². The van der Waals surface area contributed by atoms with Gasteiger partial charge in [-0.25, -0.2) is 0 Å². The van der Waals surface area contributed by atoms with Gasteiger partial charge in [-0.15, -0.1) is 0 Å². The molecule has 1 aromatic heterocycles. The lowest BCUT2D eigenvalue weighted by atomic mass is 10.4. The molecular weight excluding hydrogens is 225 g/mol. The van der Waals surface area contributed by atoms with Crippen molar-refractivity contribution in [3.05, 3.63) is 22.9 Å². The van der Waals surface area contributed by atoms with Crippen LogP contribution in [0.1, 0.15) is 6.42 Å². The first-order valence-corrected chi connectivity index (χ1v) is 4.41. The van der Waals surface area contributed by atoms with Gasteiger partial charge in [-0.3, -0.25) is 9.37 Å². The number of rotatable bonds is 4. The second-order valence-electron chi connectivity index (χ2n) is 2.23. The van der Waals surface area contributed by atoms with Crippen molar-refractivity contribution < 1.29 is 9.13 Å². The molecule has 0 amide bonds. The quantitative estimate of drug-likeness (QED) is 0.747. The molecule has 0 unspecified atom stereocenters. The van der Waals surface area contributed by atoms with Gasteiger partial charge in [-0.2, -0.15) is 0 Å². The van der Waals surface area contributed by atoms with Crippen LogP contribution in [0.3, 0.4) is 0 Å². The molecule has 0 spiro atoms. The topological polar surface area (TPSA) is 22.1 Å². The summed E-state index contributed by atoms with van der Waals surface area (Å²) in [4.78, 5) is 3.90. The van der Waals surface area contributed by atoms with E-state index in [1.165, 1.54) is 0 Å². The van der Waals surface area contributed by atoms with Gasteiger partial charge in [0.15, 0.2) is 0 Å². The van der Waals surface area contributed by atoms with Gasteiger partial charge < -0.3 is 4.74 Å². The third-order valence-corrected chi connectivity index (χ3v) is 1.66. The van der Waals surface area contributed by atoms with Crippen LogP contribution in [0.4, 0.5) is 4.39 Å². The average molecular weight is 234 g/mol. The minimum atomic E-state index is -0.346. The van der Waals surface area contributed by atoms with Crippen LogP contribution >= 0.6 is 15.9 Å². The summed E-state index contributed by atoms with van der Waals surface area (Å²) in [5, 5.41) is 0. The molecule has 4 heteroatoms. The zero-order chi connectivity index (χ0) is 8.81. The van der Waals surface area contributed by atoms with Crippen LogP contribution in [-0.2, 0) is 0 Å². The van der Waals surface area contributed by atoms with E-state index in [1.54, 1.807) is 18.5 Å². The summed E-state index contributed by atoms with van der Waals surface area (Å²) >= 11 is 3.25. The highest BCUT2D eigenvalue weighted by atomic mass is 79.9. The molecule has 0 saturated heterocycles. The number of pyridine rings is 1. The molecule has 12 heavy (non-hydrogen) atoms. The number of ether oxygens (including phenoxy) is 1. The molecule has 66 valence electrons. The van der Waals surface area contributed by atoms with Crippen molar-refractivity contribution in [2.24, 2.45) is 0 Å². The smallest absolute Gasteiger partial charge is 0.138 e. The maximum atomic E-state index is 11.7. The van der Waals surface area contributed by atoms with E-state index in [0.717, 1.165) is 4.47 Å². The fraction of sp³-hybridized carbons (Fsp3) is 0.375. The van der Waals surface area contributed by atoms with Crippen LogP contribution < -0.4 is 4.74 Å². The SMILES string of the molecule is FCCCOc1cncc(Br)c1. The molecule has 2 nitrogen and oxygen atoms in total. The van der Waals surface area contributed by atoms with Crippen molar-refractivity contribution in [2.75, 3.05) is 13.3 Å². The highest BCUT2D eigenvalue weighted by Crippen LogP contribution is 2.15. The Labute approximate surface area is 78.9 Å². The Balaban J connectivity index is 2.41. The van der Waals surface area contributed by atoms with Gasteiger partial charge in [-0.1, -0.05) is 0 Å². The average Bonchev–Trinajstić information content (AvgIpc) is 2.05. The molecule has 0 radical (unpaired) electrons. The highest BCUT2D eigenvalue weighted by Gasteiger charge is 1.94. The third kappa shape index (κ3) is 3.17. The molecule has 1 rings (SSSR count). The number of nitrogens with zero attached hydrogens (tertiary/aromatic N) is 1. The molecular formula is C8H9BrFNO. The number of aromatic nitrogens is 1. The maximum Gasteiger partial charge on any atom is 0.138 e. The normalized spacial score (nSPS) is 9.83. The summed E-state index contributed by atoms with van der Waals surface area (Å²) in [5.41, 5.74) is 0. The highest BCUT2D eigenvalue weighted by molar-refractivity contribution is 9.10. The lowest BCUT2D eigenvalue weighted by Crippen LogP contribution is -1.98. The Morgan fingerprint density at radius 1 is 1.50 bits per heavy atom. The monoisotopic (exact) mass is 233 g/mol. The molecule has 0 saturated carbocycles. The maximum absolute atomic E-state index is 11.7. The zero-order valence-electron chi connectivity index (χ0n) is 6.46. The summed E-state index contributed by atoms with van der Waals surface area (Å²) < 4.78 is 17.7. The van der Waals surface area contributed by atoms with Crippen LogP contribution in [-0.4, -0.2) is 18.3 Å². The van der Waals surface area contributed by atoms with Gasteiger partial charge in [-0.05, 0) is 22.0 Å². The van der Waals surface area contributed by atoms with Crippen LogP contribution in [0, 0.1) is 0 Å². The summed E-state index contributed by atoms with van der Waals surface area (Å²) in [6.45, 7) is 0.0517. The largest absolute Gasteiger partial charge is 0.492 e. The molecule has 0 atom stereocenters. The second-order valence-corrected chi connectivity index (χ2v) is 3.15. The predicted molar refractivity (Wildman–Crippen MR) is 48.0 cm³/mol. The van der Waals surface area contributed by atoms with Gasteiger partial charge in [0.05, 0.1) is 19.5 Å². The molecule has 0 bridgehead atoms. The molecule has 0 fully saturated rings. The third-order valence-electron chi connectivity index (χ3n) is 1.23. The lowest BCUT2D eigenvalue weighted by Gasteiger charge is -2.03. The van der Waals surface area contributed by atoms with E-state index >= 15 is 0 Å². The van der Waals surface area contributed by atoms with E-state index in [1.807, 2.05) is 0 Å². The van der Waals surface area contributed by atoms with Crippen LogP contribution in [0.25, 0.3) is 0 Å². The molecule has 1 aromatic rings. The summed E-state index contributed by atoms with van der Waals surface area (Å²) in [6.07, 6.45) is 3.69. The van der Waals surface area contributed by atoms with Gasteiger partial charge >= 0.3 is 0 Å². The van der Waals surface area contributed by atoms with E-state index in [2.05, 4.69) is 20.9 Å². The number of halogens is 2. The Hall–Kier alpha value is -0.640. The standard InChI is InChI=1S/C8H9BrFNO/c9-7-4-8(6-11-5-7)12-3-1-2-10/h4-6H,1-3H2. The molecule has 0 aromatic carbocycles. The Morgan fingerprint density at radius 3 is 3.00 bits per heavy atom. The van der Waals surface area contributed by atoms with Crippen molar-refractivity contribution in [1.29, 1.82) is 0 Å². The first-order chi connectivity index (χ1) is 5.83. The Morgan fingerprint density at radius 2 is 2.33 bits per heavy atom. The van der Waals surface area contributed by atoms with Gasteiger partial charge in [0.2, 0.25) is 0 Å². The Kier molecular flexibility index (Phi) is 4.00. The van der Waals surface area contributed by atoms with Gasteiger partial charge in [0, 0.05) is 17.1 Å². The number of hydrogen-bond acceptors (Lipinski definition) is 2. The minimum Gasteiger partial charge on any atom is -0.492 e. The van der Waals surface area contributed by atoms with E-state index in [-0.39, 0.29) is 6.67 Å². The van der Waals surface area contributed by atoms with Crippen molar-refractivity contribution in [1.82, 2.24) is 4.98 Å². The first kappa shape index (κ1) is 9.45. The molecule has 0 aliphatic heterocycles. The predicted octanol–water partition coefficient (Wildman–Crippen LogP) is 2.58. The first-order valence-electron chi connectivity index (χ1n) is 3.62. The molecule has 0 aliphatic carbocycles. The van der Waals surface area contributed by atoms with E-state index in [4.69, 9.17) is 4.74 Å². The lowest BCUT2D eigenvalue weighted by molar-refractivity contribution is 0.288. The van der Waals surface area contributed by atoms with Crippen LogP contribution in [0.15, 0.2) is 22.9 Å². The zero-order valence-corrected chi connectivity index (χ0v) is 8.05. The van der Waals surface area contributed by atoms with Gasteiger partial charge in [0.25, 0.3) is 0 Å². The Bertz CT molecular complexity index is 244. The summed E-state index contributed by atoms with van der Waals surface area (Å²) in [5.74, 6) is 0.665. The van der Waals surface area contributed by atoms with Crippen molar-refractivity contribution in [3.8, 4) is 5.75 Å².